The van der Waals surface area contributed by atoms with E-state index in [9.17, 15) is 0 Å². The molecule has 0 bridgehead atoms. The maximum Gasteiger partial charge on any atom is 0.133 e. The highest BCUT2D eigenvalue weighted by molar-refractivity contribution is 5.62. The summed E-state index contributed by atoms with van der Waals surface area (Å²) >= 11 is 0. The van der Waals surface area contributed by atoms with Crippen molar-refractivity contribution in [2.45, 2.75) is 65.5 Å². The molecule has 1 atom stereocenters. The van der Waals surface area contributed by atoms with E-state index in [4.69, 9.17) is 10.3 Å². The van der Waals surface area contributed by atoms with Crippen LogP contribution >= 0.6 is 0 Å². The summed E-state index contributed by atoms with van der Waals surface area (Å²) in [5.41, 5.74) is 12.8. The van der Waals surface area contributed by atoms with Crippen molar-refractivity contribution in [3.05, 3.63) is 46.3 Å². The lowest BCUT2D eigenvalue weighted by Gasteiger charge is -2.41. The lowest BCUT2D eigenvalue weighted by atomic mass is 9.75. The van der Waals surface area contributed by atoms with Crippen molar-refractivity contribution in [3.63, 3.8) is 0 Å². The Balaban J connectivity index is 2.06. The molecule has 4 nitrogen and oxygen atoms in total. The summed E-state index contributed by atoms with van der Waals surface area (Å²) in [4.78, 5) is 2.42. The summed E-state index contributed by atoms with van der Waals surface area (Å²) in [6, 6.07) is 6.76. The maximum atomic E-state index is 6.25. The molecule has 24 heavy (non-hydrogen) atoms. The van der Waals surface area contributed by atoms with E-state index in [0.29, 0.717) is 0 Å². The van der Waals surface area contributed by atoms with Crippen LogP contribution in [0.1, 0.15) is 68.3 Å². The van der Waals surface area contributed by atoms with Gasteiger partial charge in [0.2, 0.25) is 0 Å². The van der Waals surface area contributed by atoms with Gasteiger partial charge in [-0.1, -0.05) is 32.0 Å². The van der Waals surface area contributed by atoms with Crippen molar-refractivity contribution in [2.75, 3.05) is 11.4 Å². The first-order valence-electron chi connectivity index (χ1n) is 8.92. The molecule has 0 saturated carbocycles. The molecular formula is C20H29N3O. The Labute approximate surface area is 145 Å². The van der Waals surface area contributed by atoms with Gasteiger partial charge in [-0.3, -0.25) is 0 Å². The zero-order valence-corrected chi connectivity index (χ0v) is 15.5. The zero-order chi connectivity index (χ0) is 17.5. The smallest absolute Gasteiger partial charge is 0.133 e. The minimum absolute atomic E-state index is 0.0476. The molecule has 0 fully saturated rings. The van der Waals surface area contributed by atoms with Crippen LogP contribution in [0.2, 0.25) is 0 Å². The average molecular weight is 327 g/mol. The fourth-order valence-corrected chi connectivity index (χ4v) is 3.70. The van der Waals surface area contributed by atoms with Gasteiger partial charge in [-0.25, -0.2) is 0 Å². The minimum atomic E-state index is 0.0476. The van der Waals surface area contributed by atoms with E-state index < -0.39 is 0 Å². The molecule has 3 rings (SSSR count). The van der Waals surface area contributed by atoms with Gasteiger partial charge in [0.15, 0.2) is 0 Å². The van der Waals surface area contributed by atoms with Crippen molar-refractivity contribution >= 4 is 5.69 Å². The Morgan fingerprint density at radius 3 is 2.67 bits per heavy atom. The van der Waals surface area contributed by atoms with Crippen LogP contribution in [0.25, 0.3) is 0 Å². The molecule has 0 radical (unpaired) electrons. The number of aromatic nitrogens is 1. The number of fused-ring (bicyclic) bond motifs is 1. The monoisotopic (exact) mass is 327 g/mol. The van der Waals surface area contributed by atoms with Crippen LogP contribution < -0.4 is 10.6 Å². The van der Waals surface area contributed by atoms with Crippen molar-refractivity contribution < 1.29 is 4.52 Å². The molecule has 1 aromatic carbocycles. The molecule has 1 aliphatic heterocycles. The standard InChI is InChI=1S/C20H29N3O/c1-6-15-10-18-19(11-17(15)14(3)21)23(8-7-20(18,4)5)12-16-9-13(2)24-22-16/h9-11,14H,6-8,12,21H2,1-5H3. The largest absolute Gasteiger partial charge is 0.365 e. The van der Waals surface area contributed by atoms with E-state index in [1.54, 1.807) is 0 Å². The third-order valence-corrected chi connectivity index (χ3v) is 5.24. The highest BCUT2D eigenvalue weighted by atomic mass is 16.5. The lowest BCUT2D eigenvalue weighted by Crippen LogP contribution is -2.37. The summed E-state index contributed by atoms with van der Waals surface area (Å²) in [5.74, 6) is 0.861. The van der Waals surface area contributed by atoms with E-state index in [1.165, 1.54) is 22.4 Å². The van der Waals surface area contributed by atoms with Gasteiger partial charge < -0.3 is 15.2 Å². The fraction of sp³-hybridized carbons (Fsp3) is 0.550. The van der Waals surface area contributed by atoms with E-state index in [1.807, 2.05) is 13.0 Å². The predicted molar refractivity (Wildman–Crippen MR) is 98.4 cm³/mol. The third kappa shape index (κ3) is 3.07. The van der Waals surface area contributed by atoms with Crippen LogP contribution in [0.15, 0.2) is 22.7 Å². The molecule has 1 aromatic heterocycles. The molecule has 0 amide bonds. The van der Waals surface area contributed by atoms with Gasteiger partial charge in [0, 0.05) is 24.3 Å². The Hall–Kier alpha value is -1.81. The fourth-order valence-electron chi connectivity index (χ4n) is 3.70. The first-order valence-corrected chi connectivity index (χ1v) is 8.92. The third-order valence-electron chi connectivity index (χ3n) is 5.24. The molecular weight excluding hydrogens is 298 g/mol. The topological polar surface area (TPSA) is 55.3 Å². The number of nitrogens with zero attached hydrogens (tertiary/aromatic N) is 2. The zero-order valence-electron chi connectivity index (χ0n) is 15.5. The van der Waals surface area contributed by atoms with Gasteiger partial charge in [-0.15, -0.1) is 0 Å². The highest BCUT2D eigenvalue weighted by Crippen LogP contribution is 2.42. The lowest BCUT2D eigenvalue weighted by molar-refractivity contribution is 0.388. The minimum Gasteiger partial charge on any atom is -0.365 e. The number of benzene rings is 1. The first kappa shape index (κ1) is 17.0. The van der Waals surface area contributed by atoms with E-state index in [-0.39, 0.29) is 11.5 Å². The van der Waals surface area contributed by atoms with Crippen molar-refractivity contribution in [2.24, 2.45) is 5.73 Å². The van der Waals surface area contributed by atoms with Crippen LogP contribution in [0, 0.1) is 6.92 Å². The van der Waals surface area contributed by atoms with Gasteiger partial charge >= 0.3 is 0 Å². The maximum absolute atomic E-state index is 6.25. The van der Waals surface area contributed by atoms with Gasteiger partial charge in [-0.05, 0) is 54.9 Å². The van der Waals surface area contributed by atoms with Crippen LogP contribution in [-0.4, -0.2) is 11.7 Å². The molecule has 0 spiro atoms. The van der Waals surface area contributed by atoms with E-state index in [2.05, 4.69) is 49.9 Å². The molecule has 1 unspecified atom stereocenters. The van der Waals surface area contributed by atoms with Crippen molar-refractivity contribution in [3.8, 4) is 0 Å². The molecule has 2 heterocycles. The van der Waals surface area contributed by atoms with Crippen molar-refractivity contribution in [1.82, 2.24) is 5.16 Å². The first-order chi connectivity index (χ1) is 11.3. The number of aryl methyl sites for hydroxylation is 2. The molecule has 0 saturated heterocycles. The predicted octanol–water partition coefficient (Wildman–Crippen LogP) is 4.25. The van der Waals surface area contributed by atoms with Crippen LogP contribution in [-0.2, 0) is 18.4 Å². The summed E-state index contributed by atoms with van der Waals surface area (Å²) in [7, 11) is 0. The number of hydrogen-bond donors (Lipinski definition) is 1. The molecule has 0 aliphatic carbocycles. The number of hydrogen-bond acceptors (Lipinski definition) is 4. The number of nitrogens with two attached hydrogens (primary N) is 1. The van der Waals surface area contributed by atoms with Crippen molar-refractivity contribution in [1.29, 1.82) is 0 Å². The molecule has 2 N–H and O–H groups in total. The summed E-state index contributed by atoms with van der Waals surface area (Å²) < 4.78 is 5.24. The summed E-state index contributed by atoms with van der Waals surface area (Å²) in [6.07, 6.45) is 2.15. The van der Waals surface area contributed by atoms with Gasteiger partial charge in [0.05, 0.1) is 6.54 Å². The van der Waals surface area contributed by atoms with Crippen LogP contribution in [0.3, 0.4) is 0 Å². The second-order valence-corrected chi connectivity index (χ2v) is 7.69. The van der Waals surface area contributed by atoms with Crippen LogP contribution in [0.5, 0.6) is 0 Å². The number of anilines is 1. The van der Waals surface area contributed by atoms with Gasteiger partial charge in [0.1, 0.15) is 11.5 Å². The normalized spacial score (nSPS) is 17.7. The van der Waals surface area contributed by atoms with Gasteiger partial charge in [-0.2, -0.15) is 0 Å². The summed E-state index contributed by atoms with van der Waals surface area (Å²) in [5, 5.41) is 4.17. The highest BCUT2D eigenvalue weighted by Gasteiger charge is 2.32. The van der Waals surface area contributed by atoms with E-state index >= 15 is 0 Å². The molecule has 1 aliphatic rings. The van der Waals surface area contributed by atoms with Gasteiger partial charge in [0.25, 0.3) is 0 Å². The van der Waals surface area contributed by atoms with E-state index in [0.717, 1.165) is 37.4 Å². The summed E-state index contributed by atoms with van der Waals surface area (Å²) in [6.45, 7) is 12.7. The Kier molecular flexibility index (Phi) is 4.43. The number of rotatable bonds is 4. The Bertz CT molecular complexity index is 730. The molecule has 4 heteroatoms. The second-order valence-electron chi connectivity index (χ2n) is 7.69. The SMILES string of the molecule is CCc1cc2c(cc1C(C)N)N(Cc1cc(C)on1)CCC2(C)C. The van der Waals surface area contributed by atoms with Crippen LogP contribution in [0.4, 0.5) is 5.69 Å². The quantitative estimate of drug-likeness (QED) is 0.912. The Morgan fingerprint density at radius 1 is 1.33 bits per heavy atom. The average Bonchev–Trinajstić information content (AvgIpc) is 2.94. The molecule has 130 valence electrons. The Morgan fingerprint density at radius 2 is 2.08 bits per heavy atom. The molecule has 2 aromatic rings. The second kappa shape index (κ2) is 6.25.